The molecule has 112 valence electrons. The third kappa shape index (κ3) is 4.16. The molecule has 0 aliphatic rings. The Morgan fingerprint density at radius 1 is 1.24 bits per heavy atom. The fourth-order valence-electron chi connectivity index (χ4n) is 2.15. The van der Waals surface area contributed by atoms with Crippen molar-refractivity contribution >= 4 is 5.91 Å². The summed E-state index contributed by atoms with van der Waals surface area (Å²) in [5.41, 5.74) is 3.73. The highest BCUT2D eigenvalue weighted by atomic mass is 16.5. The lowest BCUT2D eigenvalue weighted by molar-refractivity contribution is -0.121. The highest BCUT2D eigenvalue weighted by Gasteiger charge is 2.10. The number of aliphatic hydroxyl groups excluding tert-OH is 1. The van der Waals surface area contributed by atoms with Gasteiger partial charge < -0.3 is 14.9 Å². The number of nitrogens with zero attached hydrogens (tertiary/aromatic N) is 1. The topological polar surface area (TPSA) is 75.4 Å². The Kier molecular flexibility index (Phi) is 5.11. The molecule has 0 aliphatic heterocycles. The van der Waals surface area contributed by atoms with Crippen LogP contribution >= 0.6 is 0 Å². The maximum absolute atomic E-state index is 11.9. The van der Waals surface area contributed by atoms with Gasteiger partial charge in [-0.1, -0.05) is 29.4 Å². The summed E-state index contributed by atoms with van der Waals surface area (Å²) in [6.45, 7) is 4.26. The molecule has 0 atom stereocenters. The highest BCUT2D eigenvalue weighted by Crippen LogP contribution is 2.14. The van der Waals surface area contributed by atoms with Crippen molar-refractivity contribution in [2.45, 2.75) is 39.8 Å². The van der Waals surface area contributed by atoms with E-state index in [-0.39, 0.29) is 12.5 Å². The van der Waals surface area contributed by atoms with Crippen LogP contribution in [0.3, 0.4) is 0 Å². The summed E-state index contributed by atoms with van der Waals surface area (Å²) >= 11 is 0. The number of amides is 1. The lowest BCUT2D eigenvalue weighted by atomic mass is 10.1. The van der Waals surface area contributed by atoms with E-state index in [1.165, 1.54) is 0 Å². The zero-order valence-corrected chi connectivity index (χ0v) is 12.3. The lowest BCUT2D eigenvalue weighted by Gasteiger charge is -2.06. The molecule has 0 fully saturated rings. The maximum Gasteiger partial charge on any atom is 0.220 e. The van der Waals surface area contributed by atoms with Gasteiger partial charge in [0.25, 0.3) is 0 Å². The van der Waals surface area contributed by atoms with Gasteiger partial charge in [-0.3, -0.25) is 4.79 Å². The number of carbonyl (C=O) groups is 1. The number of hydrogen-bond donors (Lipinski definition) is 2. The van der Waals surface area contributed by atoms with Crippen molar-refractivity contribution in [2.24, 2.45) is 0 Å². The van der Waals surface area contributed by atoms with E-state index in [4.69, 9.17) is 9.63 Å². The van der Waals surface area contributed by atoms with Crippen LogP contribution in [-0.4, -0.2) is 16.2 Å². The molecular weight excluding hydrogens is 268 g/mol. The largest absolute Gasteiger partial charge is 0.392 e. The second-order valence-electron chi connectivity index (χ2n) is 5.05. The molecule has 5 heteroatoms. The van der Waals surface area contributed by atoms with E-state index in [2.05, 4.69) is 10.5 Å². The summed E-state index contributed by atoms with van der Waals surface area (Å²) in [5.74, 6) is 0.779. The van der Waals surface area contributed by atoms with Crippen LogP contribution in [-0.2, 0) is 24.4 Å². The van der Waals surface area contributed by atoms with Crippen LogP contribution in [0.5, 0.6) is 0 Å². The van der Waals surface area contributed by atoms with E-state index in [0.29, 0.717) is 19.4 Å². The summed E-state index contributed by atoms with van der Waals surface area (Å²) in [6.07, 6.45) is 1.05. The number of aliphatic hydroxyl groups is 1. The molecular formula is C16H20N2O3. The van der Waals surface area contributed by atoms with Crippen LogP contribution in [0.25, 0.3) is 0 Å². The second kappa shape index (κ2) is 7.04. The molecule has 0 unspecified atom stereocenters. The molecule has 0 bridgehead atoms. The van der Waals surface area contributed by atoms with Crippen LogP contribution < -0.4 is 5.32 Å². The fourth-order valence-corrected chi connectivity index (χ4v) is 2.15. The van der Waals surface area contributed by atoms with Gasteiger partial charge in [0, 0.05) is 18.5 Å². The molecule has 0 radical (unpaired) electrons. The normalized spacial score (nSPS) is 10.6. The molecule has 1 amide bonds. The average Bonchev–Trinajstić information content (AvgIpc) is 2.82. The van der Waals surface area contributed by atoms with E-state index in [9.17, 15) is 4.79 Å². The van der Waals surface area contributed by atoms with Crippen molar-refractivity contribution in [3.05, 3.63) is 52.4 Å². The van der Waals surface area contributed by atoms with E-state index in [1.54, 1.807) is 0 Å². The molecule has 21 heavy (non-hydrogen) atoms. The number of aryl methyl sites for hydroxylation is 2. The minimum atomic E-state index is 0.00114. The Balaban J connectivity index is 1.79. The van der Waals surface area contributed by atoms with Crippen LogP contribution in [0, 0.1) is 13.8 Å². The fraction of sp³-hybridized carbons (Fsp3) is 0.375. The standard InChI is InChI=1S/C16H20N2O3/c1-11-15(12(2)21-18-11)7-8-16(20)17-9-13-3-5-14(10-19)6-4-13/h3-6,19H,7-10H2,1-2H3,(H,17,20). The predicted octanol–water partition coefficient (Wildman–Crippen LogP) is 2.03. The van der Waals surface area contributed by atoms with E-state index in [1.807, 2.05) is 38.1 Å². The van der Waals surface area contributed by atoms with E-state index in [0.717, 1.165) is 28.1 Å². The molecule has 0 saturated carbocycles. The number of benzene rings is 1. The van der Waals surface area contributed by atoms with Crippen molar-refractivity contribution in [1.29, 1.82) is 0 Å². The van der Waals surface area contributed by atoms with Crippen LogP contribution in [0.1, 0.15) is 34.6 Å². The number of rotatable bonds is 6. The van der Waals surface area contributed by atoms with Crippen LogP contribution in [0.15, 0.2) is 28.8 Å². The molecule has 0 spiro atoms. The molecule has 2 rings (SSSR count). The molecule has 2 N–H and O–H groups in total. The quantitative estimate of drug-likeness (QED) is 0.853. The predicted molar refractivity (Wildman–Crippen MR) is 78.5 cm³/mol. The van der Waals surface area contributed by atoms with Gasteiger partial charge in [-0.2, -0.15) is 0 Å². The Bertz CT molecular complexity index is 583. The molecule has 5 nitrogen and oxygen atoms in total. The summed E-state index contributed by atoms with van der Waals surface area (Å²) in [7, 11) is 0. The van der Waals surface area contributed by atoms with Crippen LogP contribution in [0.4, 0.5) is 0 Å². The summed E-state index contributed by atoms with van der Waals surface area (Å²) in [5, 5.41) is 15.7. The second-order valence-corrected chi connectivity index (χ2v) is 5.05. The number of aromatic nitrogens is 1. The zero-order valence-electron chi connectivity index (χ0n) is 12.3. The molecule has 0 saturated heterocycles. The van der Waals surface area contributed by atoms with Crippen LogP contribution in [0.2, 0.25) is 0 Å². The molecule has 1 aromatic heterocycles. The highest BCUT2D eigenvalue weighted by molar-refractivity contribution is 5.76. The molecule has 2 aromatic rings. The first-order valence-electron chi connectivity index (χ1n) is 6.97. The van der Waals surface area contributed by atoms with Gasteiger partial charge in [0.1, 0.15) is 5.76 Å². The van der Waals surface area contributed by atoms with Gasteiger partial charge in [-0.25, -0.2) is 0 Å². The van der Waals surface area contributed by atoms with E-state index < -0.39 is 0 Å². The first kappa shape index (κ1) is 15.3. The third-order valence-corrected chi connectivity index (χ3v) is 3.48. The van der Waals surface area contributed by atoms with E-state index >= 15 is 0 Å². The molecule has 0 aliphatic carbocycles. The van der Waals surface area contributed by atoms with Crippen molar-refractivity contribution in [3.63, 3.8) is 0 Å². The van der Waals surface area contributed by atoms with Gasteiger partial charge in [0.15, 0.2) is 0 Å². The minimum absolute atomic E-state index is 0.00114. The Morgan fingerprint density at radius 2 is 1.90 bits per heavy atom. The van der Waals surface area contributed by atoms with Gasteiger partial charge in [0.2, 0.25) is 5.91 Å². The summed E-state index contributed by atoms with van der Waals surface area (Å²) in [4.78, 5) is 11.9. The zero-order chi connectivity index (χ0) is 15.2. The Hall–Kier alpha value is -2.14. The number of hydrogen-bond acceptors (Lipinski definition) is 4. The number of nitrogens with one attached hydrogen (secondary N) is 1. The Morgan fingerprint density at radius 3 is 2.48 bits per heavy atom. The molecule has 1 aromatic carbocycles. The van der Waals surface area contributed by atoms with Crippen molar-refractivity contribution < 1.29 is 14.4 Å². The molecule has 1 heterocycles. The average molecular weight is 288 g/mol. The lowest BCUT2D eigenvalue weighted by Crippen LogP contribution is -2.23. The SMILES string of the molecule is Cc1noc(C)c1CCC(=O)NCc1ccc(CO)cc1. The summed E-state index contributed by atoms with van der Waals surface area (Å²) < 4.78 is 5.08. The maximum atomic E-state index is 11.9. The summed E-state index contributed by atoms with van der Waals surface area (Å²) in [6, 6.07) is 7.51. The Labute approximate surface area is 124 Å². The van der Waals surface area contributed by atoms with Gasteiger partial charge >= 0.3 is 0 Å². The third-order valence-electron chi connectivity index (χ3n) is 3.48. The first-order valence-corrected chi connectivity index (χ1v) is 6.97. The van der Waals surface area contributed by atoms with Gasteiger partial charge in [-0.05, 0) is 31.4 Å². The van der Waals surface area contributed by atoms with Gasteiger partial charge in [0.05, 0.1) is 12.3 Å². The monoisotopic (exact) mass is 288 g/mol. The number of carbonyl (C=O) groups excluding carboxylic acids is 1. The smallest absolute Gasteiger partial charge is 0.220 e. The van der Waals surface area contributed by atoms with Crippen molar-refractivity contribution in [3.8, 4) is 0 Å². The minimum Gasteiger partial charge on any atom is -0.392 e. The van der Waals surface area contributed by atoms with Gasteiger partial charge in [-0.15, -0.1) is 0 Å². The first-order chi connectivity index (χ1) is 10.1. The van der Waals surface area contributed by atoms with Crippen molar-refractivity contribution in [1.82, 2.24) is 10.5 Å². The van der Waals surface area contributed by atoms with Crippen molar-refractivity contribution in [2.75, 3.05) is 0 Å².